The van der Waals surface area contributed by atoms with Crippen molar-refractivity contribution in [1.82, 2.24) is 15.1 Å². The molecule has 0 bridgehead atoms. The van der Waals surface area contributed by atoms with Crippen LogP contribution in [-0.4, -0.2) is 33.9 Å². The summed E-state index contributed by atoms with van der Waals surface area (Å²) in [4.78, 5) is 28.4. The Bertz CT molecular complexity index is 1690. The first-order chi connectivity index (χ1) is 20.0. The lowest BCUT2D eigenvalue weighted by Gasteiger charge is -2.23. The van der Waals surface area contributed by atoms with Gasteiger partial charge in [0, 0.05) is 16.1 Å². The van der Waals surface area contributed by atoms with Crippen molar-refractivity contribution in [3.05, 3.63) is 125 Å². The maximum atomic E-state index is 13.9. The Kier molecular flexibility index (Phi) is 7.63. The third-order valence-corrected chi connectivity index (χ3v) is 8.32. The normalized spacial score (nSPS) is 14.9. The van der Waals surface area contributed by atoms with Gasteiger partial charge in [-0.15, -0.1) is 11.8 Å². The van der Waals surface area contributed by atoms with E-state index in [1.54, 1.807) is 28.9 Å². The third kappa shape index (κ3) is 5.51. The van der Waals surface area contributed by atoms with E-state index in [2.05, 4.69) is 5.32 Å². The van der Waals surface area contributed by atoms with Crippen LogP contribution in [0.3, 0.4) is 0 Å². The molecule has 206 valence electrons. The zero-order chi connectivity index (χ0) is 28.3. The summed E-state index contributed by atoms with van der Waals surface area (Å²) >= 11 is 8.14. The Labute approximate surface area is 244 Å². The molecule has 1 aliphatic rings. The second-order valence-electron chi connectivity index (χ2n) is 9.39. The van der Waals surface area contributed by atoms with Crippen LogP contribution < -0.4 is 10.2 Å². The van der Waals surface area contributed by atoms with E-state index in [0.29, 0.717) is 28.0 Å². The summed E-state index contributed by atoms with van der Waals surface area (Å²) in [6.07, 6.45) is 1.53. The standard InChI is InChI=1S/C31H24ClFN4O3S/c32-25-11-5-4-10-24(25)30-28-29(20-7-2-1-3-8-20)35-37(22-14-12-21(33)13-15-22)31(28)36(27(39)19-41-30)18-26(38)34-17-23-9-6-16-40-23/h1-16,30H,17-19H2,(H,34,38). The first-order valence-electron chi connectivity index (χ1n) is 12.9. The molecule has 2 aromatic heterocycles. The topological polar surface area (TPSA) is 80.4 Å². The number of thioether (sulfide) groups is 1. The lowest BCUT2D eigenvalue weighted by Crippen LogP contribution is -2.42. The first-order valence-corrected chi connectivity index (χ1v) is 14.3. The van der Waals surface area contributed by atoms with Gasteiger partial charge in [-0.25, -0.2) is 9.07 Å². The summed E-state index contributed by atoms with van der Waals surface area (Å²) in [5, 5.41) is 8.00. The van der Waals surface area contributed by atoms with Crippen molar-refractivity contribution in [3.8, 4) is 16.9 Å². The fourth-order valence-electron chi connectivity index (χ4n) is 4.82. The number of halogens is 2. The summed E-state index contributed by atoms with van der Waals surface area (Å²) in [6.45, 7) is -0.0618. The van der Waals surface area contributed by atoms with Gasteiger partial charge in [0.2, 0.25) is 11.8 Å². The number of amides is 2. The molecular formula is C31H24ClFN4O3S. The Morgan fingerprint density at radius 3 is 2.51 bits per heavy atom. The molecule has 10 heteroatoms. The van der Waals surface area contributed by atoms with Crippen LogP contribution in [0.25, 0.3) is 16.9 Å². The largest absolute Gasteiger partial charge is 0.467 e. The molecule has 0 spiro atoms. The van der Waals surface area contributed by atoms with E-state index in [1.807, 2.05) is 54.6 Å². The summed E-state index contributed by atoms with van der Waals surface area (Å²) in [6, 6.07) is 26.5. The fraction of sp³-hybridized carbons (Fsp3) is 0.129. The van der Waals surface area contributed by atoms with Gasteiger partial charge in [0.1, 0.15) is 23.9 Å². The van der Waals surface area contributed by atoms with Gasteiger partial charge in [-0.2, -0.15) is 5.10 Å². The fourth-order valence-corrected chi connectivity index (χ4v) is 6.37. The van der Waals surface area contributed by atoms with E-state index < -0.39 is 5.82 Å². The van der Waals surface area contributed by atoms with E-state index in [1.165, 1.54) is 35.1 Å². The van der Waals surface area contributed by atoms with Gasteiger partial charge in [-0.1, -0.05) is 60.1 Å². The summed E-state index contributed by atoms with van der Waals surface area (Å²) in [5.41, 5.74) is 3.58. The zero-order valence-electron chi connectivity index (χ0n) is 21.7. The molecule has 0 saturated heterocycles. The van der Waals surface area contributed by atoms with Crippen LogP contribution in [-0.2, 0) is 16.1 Å². The van der Waals surface area contributed by atoms with Gasteiger partial charge in [0.05, 0.1) is 35.2 Å². The van der Waals surface area contributed by atoms with Crippen molar-refractivity contribution in [2.75, 3.05) is 17.2 Å². The lowest BCUT2D eigenvalue weighted by molar-refractivity contribution is -0.123. The molecule has 7 nitrogen and oxygen atoms in total. The van der Waals surface area contributed by atoms with Crippen LogP contribution in [0.1, 0.15) is 22.1 Å². The summed E-state index contributed by atoms with van der Waals surface area (Å²) in [7, 11) is 0. The van der Waals surface area contributed by atoms with Crippen molar-refractivity contribution >= 4 is 41.0 Å². The van der Waals surface area contributed by atoms with E-state index >= 15 is 0 Å². The van der Waals surface area contributed by atoms with Gasteiger partial charge < -0.3 is 9.73 Å². The number of carbonyl (C=O) groups is 2. The molecule has 0 saturated carbocycles. The summed E-state index contributed by atoms with van der Waals surface area (Å²) < 4.78 is 20.9. The molecule has 41 heavy (non-hydrogen) atoms. The van der Waals surface area contributed by atoms with E-state index in [9.17, 15) is 14.0 Å². The Morgan fingerprint density at radius 2 is 1.78 bits per heavy atom. The highest BCUT2D eigenvalue weighted by Crippen LogP contribution is 2.49. The molecule has 1 N–H and O–H groups in total. The van der Waals surface area contributed by atoms with Crippen molar-refractivity contribution in [1.29, 1.82) is 0 Å². The number of nitrogens with zero attached hydrogens (tertiary/aromatic N) is 3. The van der Waals surface area contributed by atoms with Crippen LogP contribution in [0.4, 0.5) is 10.2 Å². The lowest BCUT2D eigenvalue weighted by atomic mass is 9.99. The highest BCUT2D eigenvalue weighted by Gasteiger charge is 2.38. The second-order valence-corrected chi connectivity index (χ2v) is 10.9. The molecule has 6 rings (SSSR count). The van der Waals surface area contributed by atoms with E-state index in [-0.39, 0.29) is 35.9 Å². The average Bonchev–Trinajstić information content (AvgIpc) is 3.62. The number of fused-ring (bicyclic) bond motifs is 1. The van der Waals surface area contributed by atoms with Gasteiger partial charge in [0.15, 0.2) is 0 Å². The van der Waals surface area contributed by atoms with E-state index in [4.69, 9.17) is 21.1 Å². The highest BCUT2D eigenvalue weighted by molar-refractivity contribution is 8.00. The van der Waals surface area contributed by atoms with Gasteiger partial charge in [-0.05, 0) is 48.0 Å². The molecule has 5 aromatic rings. The number of aromatic nitrogens is 2. The number of benzene rings is 3. The Balaban J connectivity index is 1.54. The van der Waals surface area contributed by atoms with E-state index in [0.717, 1.165) is 16.7 Å². The summed E-state index contributed by atoms with van der Waals surface area (Å²) in [5.74, 6) is 0.108. The minimum atomic E-state index is -0.398. The molecule has 0 fully saturated rings. The maximum absolute atomic E-state index is 13.9. The Hall–Kier alpha value is -4.34. The maximum Gasteiger partial charge on any atom is 0.240 e. The molecule has 1 atom stereocenters. The molecule has 1 unspecified atom stereocenters. The molecule has 1 aliphatic heterocycles. The number of hydrogen-bond donors (Lipinski definition) is 1. The second kappa shape index (κ2) is 11.6. The average molecular weight is 587 g/mol. The van der Waals surface area contributed by atoms with Gasteiger partial charge in [-0.3, -0.25) is 14.5 Å². The molecule has 3 heterocycles. The molecule has 3 aromatic carbocycles. The number of furan rings is 1. The molecule has 0 radical (unpaired) electrons. The number of carbonyl (C=O) groups excluding carboxylic acids is 2. The quantitative estimate of drug-likeness (QED) is 0.238. The molecule has 2 amide bonds. The number of hydrogen-bond acceptors (Lipinski definition) is 5. The van der Waals surface area contributed by atoms with Crippen LogP contribution in [0.2, 0.25) is 5.02 Å². The van der Waals surface area contributed by atoms with Gasteiger partial charge >= 0.3 is 0 Å². The van der Waals surface area contributed by atoms with Crippen molar-refractivity contribution in [2.24, 2.45) is 0 Å². The smallest absolute Gasteiger partial charge is 0.240 e. The molecule has 0 aliphatic carbocycles. The number of anilines is 1. The predicted molar refractivity (Wildman–Crippen MR) is 158 cm³/mol. The van der Waals surface area contributed by atoms with Crippen molar-refractivity contribution in [3.63, 3.8) is 0 Å². The number of nitrogens with one attached hydrogen (secondary N) is 1. The van der Waals surface area contributed by atoms with Crippen LogP contribution in [0.5, 0.6) is 0 Å². The van der Waals surface area contributed by atoms with Crippen molar-refractivity contribution < 1.29 is 18.4 Å². The Morgan fingerprint density at radius 1 is 1.02 bits per heavy atom. The first kappa shape index (κ1) is 26.9. The monoisotopic (exact) mass is 586 g/mol. The SMILES string of the molecule is O=C(CN1C(=O)CSC(c2ccccc2Cl)c2c(-c3ccccc3)nn(-c3ccc(F)cc3)c21)NCc1ccco1. The number of rotatable bonds is 7. The third-order valence-electron chi connectivity index (χ3n) is 6.74. The zero-order valence-corrected chi connectivity index (χ0v) is 23.2. The highest BCUT2D eigenvalue weighted by atomic mass is 35.5. The van der Waals surface area contributed by atoms with Crippen LogP contribution >= 0.6 is 23.4 Å². The van der Waals surface area contributed by atoms with Gasteiger partial charge in [0.25, 0.3) is 0 Å². The minimum Gasteiger partial charge on any atom is -0.467 e. The molecular weight excluding hydrogens is 563 g/mol. The van der Waals surface area contributed by atoms with Crippen LogP contribution in [0.15, 0.2) is 102 Å². The predicted octanol–water partition coefficient (Wildman–Crippen LogP) is 6.41. The van der Waals surface area contributed by atoms with Crippen molar-refractivity contribution in [2.45, 2.75) is 11.8 Å². The minimum absolute atomic E-state index is 0.105. The van der Waals surface area contributed by atoms with Crippen LogP contribution in [0, 0.1) is 5.82 Å².